The summed E-state index contributed by atoms with van der Waals surface area (Å²) in [6.07, 6.45) is 0.560. The number of ether oxygens (including phenoxy) is 1. The Balaban J connectivity index is 1.81. The molecule has 0 aliphatic carbocycles. The highest BCUT2D eigenvalue weighted by Gasteiger charge is 2.20. The number of halogens is 2. The number of nitrogens with one attached hydrogen (secondary N) is 2. The second kappa shape index (κ2) is 7.60. The van der Waals surface area contributed by atoms with Gasteiger partial charge in [-0.3, -0.25) is 0 Å². The van der Waals surface area contributed by atoms with Crippen LogP contribution in [0.2, 0.25) is 5.02 Å². The SMILES string of the molecule is COc1ccc(Cl)cc1S(=O)(=O)NCCc1c(C)[nH]c2ccc(Br)cc12. The minimum atomic E-state index is -3.73. The van der Waals surface area contributed by atoms with Crippen LogP contribution in [0, 0.1) is 6.92 Å². The summed E-state index contributed by atoms with van der Waals surface area (Å²) in [6.45, 7) is 2.25. The minimum Gasteiger partial charge on any atom is -0.495 e. The lowest BCUT2D eigenvalue weighted by atomic mass is 10.1. The Labute approximate surface area is 165 Å². The van der Waals surface area contributed by atoms with E-state index in [1.54, 1.807) is 6.07 Å². The molecule has 0 fully saturated rings. The van der Waals surface area contributed by atoms with Gasteiger partial charge in [-0.15, -0.1) is 0 Å². The second-order valence-electron chi connectivity index (χ2n) is 5.86. The maximum atomic E-state index is 12.6. The number of fused-ring (bicyclic) bond motifs is 1. The first kappa shape index (κ1) is 19.2. The molecular formula is C18H18BrClN2O3S. The summed E-state index contributed by atoms with van der Waals surface area (Å²) in [7, 11) is -2.31. The van der Waals surface area contributed by atoms with Gasteiger partial charge in [-0.1, -0.05) is 27.5 Å². The zero-order valence-corrected chi connectivity index (χ0v) is 17.4. The third-order valence-electron chi connectivity index (χ3n) is 4.16. The molecule has 8 heteroatoms. The number of methoxy groups -OCH3 is 1. The molecule has 1 aromatic heterocycles. The van der Waals surface area contributed by atoms with E-state index in [-0.39, 0.29) is 17.2 Å². The number of hydrogen-bond acceptors (Lipinski definition) is 3. The first-order chi connectivity index (χ1) is 12.3. The van der Waals surface area contributed by atoms with E-state index in [4.69, 9.17) is 16.3 Å². The van der Waals surface area contributed by atoms with E-state index in [2.05, 4.69) is 25.6 Å². The fourth-order valence-corrected chi connectivity index (χ4v) is 4.75. The number of sulfonamides is 1. The molecule has 1 heterocycles. The zero-order valence-electron chi connectivity index (χ0n) is 14.3. The Morgan fingerprint density at radius 3 is 2.73 bits per heavy atom. The normalized spacial score (nSPS) is 11.8. The molecule has 0 unspecified atom stereocenters. The van der Waals surface area contributed by atoms with Crippen LogP contribution in [0.3, 0.4) is 0 Å². The van der Waals surface area contributed by atoms with Gasteiger partial charge in [0.1, 0.15) is 10.6 Å². The van der Waals surface area contributed by atoms with Crippen LogP contribution in [-0.2, 0) is 16.4 Å². The topological polar surface area (TPSA) is 71.2 Å². The summed E-state index contributed by atoms with van der Waals surface area (Å²) in [5, 5.41) is 1.42. The van der Waals surface area contributed by atoms with Gasteiger partial charge in [0.2, 0.25) is 10.0 Å². The van der Waals surface area contributed by atoms with Crippen LogP contribution in [-0.4, -0.2) is 27.1 Å². The Bertz CT molecular complexity index is 1060. The van der Waals surface area contributed by atoms with E-state index in [1.165, 1.54) is 19.2 Å². The third kappa shape index (κ3) is 3.91. The van der Waals surface area contributed by atoms with Crippen LogP contribution < -0.4 is 9.46 Å². The monoisotopic (exact) mass is 456 g/mol. The molecular weight excluding hydrogens is 440 g/mol. The Morgan fingerprint density at radius 2 is 2.00 bits per heavy atom. The van der Waals surface area contributed by atoms with Gasteiger partial charge in [0.15, 0.2) is 0 Å². The third-order valence-corrected chi connectivity index (χ3v) is 6.37. The van der Waals surface area contributed by atoms with Gasteiger partial charge in [-0.2, -0.15) is 0 Å². The van der Waals surface area contributed by atoms with Gasteiger partial charge in [-0.25, -0.2) is 13.1 Å². The van der Waals surface area contributed by atoms with E-state index in [0.29, 0.717) is 11.4 Å². The predicted octanol–water partition coefficient (Wildman–Crippen LogP) is 4.42. The van der Waals surface area contributed by atoms with Gasteiger partial charge in [0.25, 0.3) is 0 Å². The van der Waals surface area contributed by atoms with E-state index in [0.717, 1.165) is 26.6 Å². The van der Waals surface area contributed by atoms with E-state index < -0.39 is 10.0 Å². The van der Waals surface area contributed by atoms with Gasteiger partial charge < -0.3 is 9.72 Å². The average molecular weight is 458 g/mol. The average Bonchev–Trinajstić information content (AvgIpc) is 2.90. The molecule has 0 amide bonds. The van der Waals surface area contributed by atoms with Crippen molar-refractivity contribution in [3.63, 3.8) is 0 Å². The van der Waals surface area contributed by atoms with Crippen LogP contribution in [0.15, 0.2) is 45.8 Å². The molecule has 138 valence electrons. The van der Waals surface area contributed by atoms with Crippen molar-refractivity contribution in [1.29, 1.82) is 0 Å². The van der Waals surface area contributed by atoms with Gasteiger partial charge in [0.05, 0.1) is 7.11 Å². The van der Waals surface area contributed by atoms with Crippen molar-refractivity contribution in [2.24, 2.45) is 0 Å². The van der Waals surface area contributed by atoms with Crippen molar-refractivity contribution in [2.45, 2.75) is 18.2 Å². The van der Waals surface area contributed by atoms with Crippen molar-refractivity contribution in [3.05, 3.63) is 57.2 Å². The molecule has 0 radical (unpaired) electrons. The number of benzene rings is 2. The van der Waals surface area contributed by atoms with Crippen LogP contribution in [0.5, 0.6) is 5.75 Å². The van der Waals surface area contributed by atoms with Crippen molar-refractivity contribution in [2.75, 3.05) is 13.7 Å². The summed E-state index contributed by atoms with van der Waals surface area (Å²) in [5.41, 5.74) is 3.14. The minimum absolute atomic E-state index is 0.0332. The summed E-state index contributed by atoms with van der Waals surface area (Å²) in [4.78, 5) is 3.36. The Kier molecular flexibility index (Phi) is 5.62. The zero-order chi connectivity index (χ0) is 18.9. The van der Waals surface area contributed by atoms with Crippen LogP contribution in [0.4, 0.5) is 0 Å². The molecule has 2 N–H and O–H groups in total. The van der Waals surface area contributed by atoms with Crippen molar-refractivity contribution < 1.29 is 13.2 Å². The highest BCUT2D eigenvalue weighted by Crippen LogP contribution is 2.28. The fourth-order valence-electron chi connectivity index (χ4n) is 2.93. The first-order valence-electron chi connectivity index (χ1n) is 7.92. The van der Waals surface area contributed by atoms with Gasteiger partial charge in [-0.05, 0) is 55.3 Å². The summed E-state index contributed by atoms with van der Waals surface area (Å²) < 4.78 is 34.0. The molecule has 3 aromatic rings. The Morgan fingerprint density at radius 1 is 1.23 bits per heavy atom. The molecule has 0 aliphatic rings. The highest BCUT2D eigenvalue weighted by molar-refractivity contribution is 9.10. The maximum absolute atomic E-state index is 12.6. The number of H-pyrrole nitrogens is 1. The molecule has 0 saturated carbocycles. The van der Waals surface area contributed by atoms with Gasteiger partial charge in [0, 0.05) is 32.6 Å². The molecule has 3 rings (SSSR count). The summed E-state index contributed by atoms with van der Waals surface area (Å²) in [6, 6.07) is 10.5. The van der Waals surface area contributed by atoms with Crippen LogP contribution in [0.1, 0.15) is 11.3 Å². The molecule has 0 saturated heterocycles. The van der Waals surface area contributed by atoms with E-state index in [9.17, 15) is 8.42 Å². The lowest BCUT2D eigenvalue weighted by molar-refractivity contribution is 0.402. The molecule has 5 nitrogen and oxygen atoms in total. The molecule has 0 aliphatic heterocycles. The van der Waals surface area contributed by atoms with Gasteiger partial charge >= 0.3 is 0 Å². The highest BCUT2D eigenvalue weighted by atomic mass is 79.9. The molecule has 0 bridgehead atoms. The van der Waals surface area contributed by atoms with Crippen LogP contribution >= 0.6 is 27.5 Å². The maximum Gasteiger partial charge on any atom is 0.244 e. The fraction of sp³-hybridized carbons (Fsp3) is 0.222. The number of aromatic nitrogens is 1. The van der Waals surface area contributed by atoms with Crippen molar-refractivity contribution >= 4 is 48.5 Å². The number of hydrogen-bond donors (Lipinski definition) is 2. The number of aryl methyl sites for hydroxylation is 1. The summed E-state index contributed by atoms with van der Waals surface area (Å²) in [5.74, 6) is 0.258. The molecule has 2 aromatic carbocycles. The van der Waals surface area contributed by atoms with Crippen LogP contribution in [0.25, 0.3) is 10.9 Å². The summed E-state index contributed by atoms with van der Waals surface area (Å²) >= 11 is 9.42. The van der Waals surface area contributed by atoms with E-state index in [1.807, 2.05) is 25.1 Å². The second-order valence-corrected chi connectivity index (χ2v) is 8.95. The predicted molar refractivity (Wildman–Crippen MR) is 108 cm³/mol. The lowest BCUT2D eigenvalue weighted by Crippen LogP contribution is -2.26. The largest absolute Gasteiger partial charge is 0.495 e. The first-order valence-corrected chi connectivity index (χ1v) is 10.6. The van der Waals surface area contributed by atoms with Crippen molar-refractivity contribution in [1.82, 2.24) is 9.71 Å². The quantitative estimate of drug-likeness (QED) is 0.575. The van der Waals surface area contributed by atoms with E-state index >= 15 is 0 Å². The molecule has 0 atom stereocenters. The number of rotatable bonds is 6. The molecule has 26 heavy (non-hydrogen) atoms. The Hall–Kier alpha value is -1.54. The molecule has 0 spiro atoms. The standard InChI is InChI=1S/C18H18BrClN2O3S/c1-11-14(15-9-12(19)3-5-16(15)22-11)7-8-21-26(23,24)18-10-13(20)4-6-17(18)25-2/h3-6,9-10,21-22H,7-8H2,1-2H3. The van der Waals surface area contributed by atoms with Crippen molar-refractivity contribution in [3.8, 4) is 5.75 Å². The number of aromatic amines is 1. The lowest BCUT2D eigenvalue weighted by Gasteiger charge is -2.11. The smallest absolute Gasteiger partial charge is 0.244 e.